The topological polar surface area (TPSA) is 94.9 Å². The van der Waals surface area contributed by atoms with Gasteiger partial charge in [0.15, 0.2) is 0 Å². The molecule has 0 aliphatic rings. The van der Waals surface area contributed by atoms with Crippen LogP contribution in [0.4, 0.5) is 11.4 Å². The molecule has 2 N–H and O–H groups in total. The van der Waals surface area contributed by atoms with Crippen LogP contribution in [-0.2, 0) is 0 Å². The molecule has 0 aliphatic carbocycles. The van der Waals surface area contributed by atoms with Crippen LogP contribution in [0.5, 0.6) is 0 Å². The zero-order valence-corrected chi connectivity index (χ0v) is 14.0. The minimum Gasteiger partial charge on any atom is -0.397 e. The third-order valence-electron chi connectivity index (χ3n) is 2.32. The number of nitro groups is 1. The van der Waals surface area contributed by atoms with Crippen molar-refractivity contribution < 1.29 is 4.92 Å². The summed E-state index contributed by atoms with van der Waals surface area (Å²) in [4.78, 5) is 17.7. The predicted octanol–water partition coefficient (Wildman–Crippen LogP) is 3.80. The standard InChI is InChI=1S/C6H5BrN2O2.C6H7BrN2/c1-4-6(9(10)11)2-5(7)3-8-4;1-4-6(8)2-5(7)3-9-4/h2-3H,1H3;2-3H,8H2,1H3. The molecule has 0 aliphatic heterocycles. The zero-order valence-electron chi connectivity index (χ0n) is 10.8. The van der Waals surface area contributed by atoms with Crippen LogP contribution in [0.15, 0.2) is 33.5 Å². The van der Waals surface area contributed by atoms with E-state index in [1.54, 1.807) is 13.1 Å². The van der Waals surface area contributed by atoms with Crippen LogP contribution >= 0.6 is 31.9 Å². The first-order valence-electron chi connectivity index (χ1n) is 5.45. The molecule has 0 aromatic carbocycles. The summed E-state index contributed by atoms with van der Waals surface area (Å²) in [6.45, 7) is 3.48. The second kappa shape index (κ2) is 7.30. The van der Waals surface area contributed by atoms with Gasteiger partial charge in [0.2, 0.25) is 0 Å². The molecule has 0 fully saturated rings. The average Bonchev–Trinajstić information content (AvgIpc) is 2.38. The Labute approximate surface area is 132 Å². The number of aryl methyl sites for hydroxylation is 2. The molecule has 6 nitrogen and oxygen atoms in total. The lowest BCUT2D eigenvalue weighted by atomic mass is 10.3. The Bertz CT molecular complexity index is 635. The molecule has 0 amide bonds. The molecule has 2 heterocycles. The normalized spacial score (nSPS) is 9.60. The maximum Gasteiger partial charge on any atom is 0.291 e. The number of nitrogen functional groups attached to an aromatic ring is 1. The number of nitrogens with two attached hydrogens (primary N) is 1. The lowest BCUT2D eigenvalue weighted by Gasteiger charge is -1.96. The summed E-state index contributed by atoms with van der Waals surface area (Å²) in [7, 11) is 0. The van der Waals surface area contributed by atoms with Crippen molar-refractivity contribution in [1.82, 2.24) is 9.97 Å². The molecule has 20 heavy (non-hydrogen) atoms. The number of anilines is 1. The number of nitrogens with zero attached hydrogens (tertiary/aromatic N) is 3. The van der Waals surface area contributed by atoms with Gasteiger partial charge in [-0.05, 0) is 51.8 Å². The van der Waals surface area contributed by atoms with Crippen molar-refractivity contribution >= 4 is 43.2 Å². The van der Waals surface area contributed by atoms with Crippen LogP contribution < -0.4 is 5.73 Å². The first-order chi connectivity index (χ1) is 9.31. The highest BCUT2D eigenvalue weighted by Crippen LogP contribution is 2.19. The van der Waals surface area contributed by atoms with Crippen LogP contribution in [0, 0.1) is 24.0 Å². The van der Waals surface area contributed by atoms with Crippen molar-refractivity contribution in [3.05, 3.63) is 55.0 Å². The monoisotopic (exact) mass is 402 g/mol. The minimum absolute atomic E-state index is 0.0411. The van der Waals surface area contributed by atoms with Gasteiger partial charge in [-0.15, -0.1) is 0 Å². The van der Waals surface area contributed by atoms with E-state index in [1.807, 2.05) is 13.0 Å². The van der Waals surface area contributed by atoms with Gasteiger partial charge in [-0.2, -0.15) is 0 Å². The van der Waals surface area contributed by atoms with Gasteiger partial charge < -0.3 is 5.73 Å². The van der Waals surface area contributed by atoms with Crippen LogP contribution in [-0.4, -0.2) is 14.9 Å². The fourth-order valence-electron chi connectivity index (χ4n) is 1.21. The molecular weight excluding hydrogens is 392 g/mol. The van der Waals surface area contributed by atoms with E-state index in [4.69, 9.17) is 5.73 Å². The van der Waals surface area contributed by atoms with Crippen LogP contribution in [0.2, 0.25) is 0 Å². The number of hydrogen-bond donors (Lipinski definition) is 1. The average molecular weight is 404 g/mol. The molecule has 0 saturated heterocycles. The van der Waals surface area contributed by atoms with E-state index in [-0.39, 0.29) is 5.69 Å². The van der Waals surface area contributed by atoms with Gasteiger partial charge in [0.05, 0.1) is 16.3 Å². The summed E-state index contributed by atoms with van der Waals surface area (Å²) < 4.78 is 1.54. The summed E-state index contributed by atoms with van der Waals surface area (Å²) >= 11 is 6.35. The summed E-state index contributed by atoms with van der Waals surface area (Å²) in [5, 5.41) is 10.3. The molecular formula is C12H12Br2N4O2. The summed E-state index contributed by atoms with van der Waals surface area (Å²) in [6, 6.07) is 3.27. The second-order valence-corrected chi connectivity index (χ2v) is 5.67. The number of pyridine rings is 2. The SMILES string of the molecule is Cc1ncc(Br)cc1N.Cc1ncc(Br)cc1[N+](=O)[O-]. The molecule has 0 atom stereocenters. The van der Waals surface area contributed by atoms with Gasteiger partial charge in [-0.25, -0.2) is 0 Å². The van der Waals surface area contributed by atoms with Crippen LogP contribution in [0.1, 0.15) is 11.4 Å². The predicted molar refractivity (Wildman–Crippen MR) is 84.4 cm³/mol. The van der Waals surface area contributed by atoms with E-state index in [2.05, 4.69) is 41.8 Å². The number of rotatable bonds is 1. The highest BCUT2D eigenvalue weighted by Gasteiger charge is 2.10. The smallest absolute Gasteiger partial charge is 0.291 e. The number of aromatic nitrogens is 2. The summed E-state index contributed by atoms with van der Waals surface area (Å²) in [6.07, 6.45) is 3.26. The van der Waals surface area contributed by atoms with Crippen molar-refractivity contribution in [3.63, 3.8) is 0 Å². The molecule has 0 spiro atoms. The van der Waals surface area contributed by atoms with Gasteiger partial charge in [0.25, 0.3) is 5.69 Å². The molecule has 8 heteroatoms. The van der Waals surface area contributed by atoms with Gasteiger partial charge in [-0.3, -0.25) is 20.1 Å². The molecule has 2 rings (SSSR count). The molecule has 2 aromatic rings. The number of halogens is 2. The van der Waals surface area contributed by atoms with Crippen molar-refractivity contribution in [2.24, 2.45) is 0 Å². The van der Waals surface area contributed by atoms with Crippen molar-refractivity contribution in [2.45, 2.75) is 13.8 Å². The summed E-state index contributed by atoms with van der Waals surface area (Å²) in [5.74, 6) is 0. The Morgan fingerprint density at radius 2 is 1.60 bits per heavy atom. The van der Waals surface area contributed by atoms with Crippen LogP contribution in [0.3, 0.4) is 0 Å². The molecule has 0 saturated carbocycles. The Kier molecular flexibility index (Phi) is 6.03. The van der Waals surface area contributed by atoms with Crippen LogP contribution in [0.25, 0.3) is 0 Å². The fourth-order valence-corrected chi connectivity index (χ4v) is 1.87. The van der Waals surface area contributed by atoms with Gasteiger partial charge in [-0.1, -0.05) is 0 Å². The van der Waals surface area contributed by atoms with E-state index in [9.17, 15) is 10.1 Å². The van der Waals surface area contributed by atoms with Crippen molar-refractivity contribution in [2.75, 3.05) is 5.73 Å². The Morgan fingerprint density at radius 3 is 2.00 bits per heavy atom. The Morgan fingerprint density at radius 1 is 1.10 bits per heavy atom. The van der Waals surface area contributed by atoms with E-state index < -0.39 is 4.92 Å². The third kappa shape index (κ3) is 4.86. The molecule has 106 valence electrons. The van der Waals surface area contributed by atoms with Gasteiger partial charge in [0.1, 0.15) is 5.69 Å². The van der Waals surface area contributed by atoms with E-state index in [0.29, 0.717) is 10.2 Å². The highest BCUT2D eigenvalue weighted by molar-refractivity contribution is 9.10. The molecule has 0 unspecified atom stereocenters. The van der Waals surface area contributed by atoms with Crippen molar-refractivity contribution in [3.8, 4) is 0 Å². The highest BCUT2D eigenvalue weighted by atomic mass is 79.9. The van der Waals surface area contributed by atoms with Gasteiger partial charge >= 0.3 is 0 Å². The Balaban J connectivity index is 0.000000204. The lowest BCUT2D eigenvalue weighted by Crippen LogP contribution is -1.93. The fraction of sp³-hybridized carbons (Fsp3) is 0.167. The minimum atomic E-state index is -0.451. The maximum absolute atomic E-state index is 10.3. The number of hydrogen-bond acceptors (Lipinski definition) is 5. The van der Waals surface area contributed by atoms with Gasteiger partial charge in [0, 0.05) is 27.4 Å². The third-order valence-corrected chi connectivity index (χ3v) is 3.18. The zero-order chi connectivity index (χ0) is 15.3. The van der Waals surface area contributed by atoms with E-state index in [0.717, 1.165) is 15.9 Å². The molecule has 0 bridgehead atoms. The van der Waals surface area contributed by atoms with E-state index >= 15 is 0 Å². The molecule has 2 aromatic heterocycles. The maximum atomic E-state index is 10.3. The first-order valence-corrected chi connectivity index (χ1v) is 7.04. The largest absolute Gasteiger partial charge is 0.397 e. The summed E-state index contributed by atoms with van der Waals surface area (Å²) in [5.41, 5.74) is 7.60. The van der Waals surface area contributed by atoms with E-state index in [1.165, 1.54) is 12.3 Å². The second-order valence-electron chi connectivity index (χ2n) is 3.84. The first kappa shape index (κ1) is 16.5. The van der Waals surface area contributed by atoms with Crippen molar-refractivity contribution in [1.29, 1.82) is 0 Å². The quantitative estimate of drug-likeness (QED) is 0.577. The lowest BCUT2D eigenvalue weighted by molar-refractivity contribution is -0.385. The Hall–Kier alpha value is -1.54. The molecule has 0 radical (unpaired) electrons.